The third-order valence-corrected chi connectivity index (χ3v) is 2.03. The molecule has 0 saturated carbocycles. The summed E-state index contributed by atoms with van der Waals surface area (Å²) in [4.78, 5) is 21.2. The van der Waals surface area contributed by atoms with Crippen molar-refractivity contribution in [3.8, 4) is 0 Å². The molecule has 0 atom stereocenters. The van der Waals surface area contributed by atoms with Gasteiger partial charge in [-0.1, -0.05) is 52.8 Å². The van der Waals surface area contributed by atoms with Gasteiger partial charge in [0.15, 0.2) is 0 Å². The van der Waals surface area contributed by atoms with E-state index in [0.29, 0.717) is 6.42 Å². The van der Waals surface area contributed by atoms with Crippen LogP contribution in [0.25, 0.3) is 0 Å². The Morgan fingerprint density at radius 2 is 1.78 bits per heavy atom. The van der Waals surface area contributed by atoms with Gasteiger partial charge in [0.25, 0.3) is 0 Å². The highest BCUT2D eigenvalue weighted by atomic mass is 79.9. The summed E-state index contributed by atoms with van der Waals surface area (Å²) in [5, 5.41) is 16.3. The zero-order valence-electron chi connectivity index (χ0n) is 9.54. The Morgan fingerprint density at radius 1 is 1.22 bits per heavy atom. The quantitative estimate of drug-likeness (QED) is 0.838. The van der Waals surface area contributed by atoms with Crippen LogP contribution < -0.4 is 0 Å². The highest BCUT2D eigenvalue weighted by molar-refractivity contribution is 9.11. The third kappa shape index (κ3) is 8.29. The monoisotopic (exact) mass is 312 g/mol. The van der Waals surface area contributed by atoms with Crippen LogP contribution in [0.3, 0.4) is 0 Å². The zero-order chi connectivity index (χ0) is 14.0. The summed E-state index contributed by atoms with van der Waals surface area (Å²) in [6.45, 7) is 3.45. The van der Waals surface area contributed by atoms with E-state index in [1.165, 1.54) is 4.99 Å². The average molecular weight is 313 g/mol. The molecule has 0 bridgehead atoms. The average Bonchev–Trinajstić information content (AvgIpc) is 2.30. The minimum Gasteiger partial charge on any atom is -0.478 e. The molecule has 0 aliphatic carbocycles. The predicted molar refractivity (Wildman–Crippen MR) is 72.6 cm³/mol. The molecule has 0 radical (unpaired) electrons. The number of hydrogen-bond donors (Lipinski definition) is 2. The number of benzene rings is 1. The van der Waals surface area contributed by atoms with Gasteiger partial charge in [0, 0.05) is 18.1 Å². The normalized spacial score (nSPS) is 9.39. The SMILES string of the molecule is C=C(Cc1ccccc1)C(=O)O.O=C(O)C=CBr. The lowest BCUT2D eigenvalue weighted by molar-refractivity contribution is -0.133. The first-order valence-electron chi connectivity index (χ1n) is 4.92. The molecule has 4 nitrogen and oxygen atoms in total. The Kier molecular flexibility index (Phi) is 8.22. The third-order valence-electron chi connectivity index (χ3n) is 1.77. The van der Waals surface area contributed by atoms with E-state index in [1.807, 2.05) is 30.3 Å². The number of carboxylic acids is 2. The van der Waals surface area contributed by atoms with Crippen molar-refractivity contribution in [3.63, 3.8) is 0 Å². The molecule has 1 aromatic rings. The predicted octanol–water partition coefficient (Wildman–Crippen LogP) is 2.85. The molecule has 1 aromatic carbocycles. The Hall–Kier alpha value is -1.88. The summed E-state index contributed by atoms with van der Waals surface area (Å²) in [5.41, 5.74) is 1.20. The molecule has 96 valence electrons. The maximum absolute atomic E-state index is 10.4. The van der Waals surface area contributed by atoms with Gasteiger partial charge in [0.05, 0.1) is 0 Å². The Balaban J connectivity index is 0.000000411. The van der Waals surface area contributed by atoms with Crippen molar-refractivity contribution in [2.75, 3.05) is 0 Å². The van der Waals surface area contributed by atoms with Crippen LogP contribution >= 0.6 is 15.9 Å². The number of hydrogen-bond acceptors (Lipinski definition) is 2. The summed E-state index contributed by atoms with van der Waals surface area (Å²) in [6.07, 6.45) is 1.41. The first-order chi connectivity index (χ1) is 8.47. The van der Waals surface area contributed by atoms with Gasteiger partial charge in [0.1, 0.15) is 0 Å². The summed E-state index contributed by atoms with van der Waals surface area (Å²) in [5.74, 6) is -1.87. The van der Waals surface area contributed by atoms with E-state index in [2.05, 4.69) is 22.5 Å². The molecular weight excluding hydrogens is 300 g/mol. The Morgan fingerprint density at radius 3 is 2.11 bits per heavy atom. The van der Waals surface area contributed by atoms with Crippen molar-refractivity contribution < 1.29 is 19.8 Å². The topological polar surface area (TPSA) is 74.6 Å². The van der Waals surface area contributed by atoms with Gasteiger partial charge in [-0.05, 0) is 10.5 Å². The van der Waals surface area contributed by atoms with Gasteiger partial charge in [-0.3, -0.25) is 0 Å². The molecule has 0 heterocycles. The standard InChI is InChI=1S/C10H10O2.C3H3BrO2/c1-8(10(11)12)7-9-5-3-2-4-6-9;4-2-1-3(5)6/h2-6H,1,7H2,(H,11,12);1-2H,(H,5,6). The van der Waals surface area contributed by atoms with Crippen LogP contribution in [-0.4, -0.2) is 22.2 Å². The van der Waals surface area contributed by atoms with Crippen LogP contribution in [0.5, 0.6) is 0 Å². The van der Waals surface area contributed by atoms with Gasteiger partial charge in [-0.2, -0.15) is 0 Å². The van der Waals surface area contributed by atoms with Gasteiger partial charge >= 0.3 is 11.9 Å². The van der Waals surface area contributed by atoms with Gasteiger partial charge in [0.2, 0.25) is 0 Å². The number of carboxylic acid groups (broad SMARTS) is 2. The van der Waals surface area contributed by atoms with E-state index in [-0.39, 0.29) is 5.57 Å². The van der Waals surface area contributed by atoms with Crippen molar-refractivity contribution >= 4 is 27.9 Å². The molecule has 0 unspecified atom stereocenters. The maximum atomic E-state index is 10.4. The molecule has 0 aliphatic heterocycles. The fraction of sp³-hybridized carbons (Fsp3) is 0.0769. The molecule has 0 aliphatic rings. The van der Waals surface area contributed by atoms with Gasteiger partial charge < -0.3 is 10.2 Å². The van der Waals surface area contributed by atoms with Crippen LogP contribution in [0.4, 0.5) is 0 Å². The molecule has 2 N–H and O–H groups in total. The van der Waals surface area contributed by atoms with Gasteiger partial charge in [-0.25, -0.2) is 9.59 Å². The van der Waals surface area contributed by atoms with Crippen LogP contribution in [0, 0.1) is 0 Å². The summed E-state index contributed by atoms with van der Waals surface area (Å²) >= 11 is 2.79. The first kappa shape index (κ1) is 16.1. The van der Waals surface area contributed by atoms with Crippen molar-refractivity contribution in [3.05, 3.63) is 59.1 Å². The first-order valence-corrected chi connectivity index (χ1v) is 5.83. The fourth-order valence-corrected chi connectivity index (χ4v) is 1.20. The second-order valence-electron chi connectivity index (χ2n) is 3.20. The summed E-state index contributed by atoms with van der Waals surface area (Å²) in [6, 6.07) is 9.42. The molecule has 0 fully saturated rings. The maximum Gasteiger partial charge on any atom is 0.331 e. The Bertz CT molecular complexity index is 438. The van der Waals surface area contributed by atoms with Crippen molar-refractivity contribution in [1.82, 2.24) is 0 Å². The largest absolute Gasteiger partial charge is 0.478 e. The van der Waals surface area contributed by atoms with Crippen LogP contribution in [0.2, 0.25) is 0 Å². The smallest absolute Gasteiger partial charge is 0.331 e. The molecule has 1 rings (SSSR count). The lowest BCUT2D eigenvalue weighted by Crippen LogP contribution is -2.01. The molecule has 0 amide bonds. The highest BCUT2D eigenvalue weighted by Gasteiger charge is 2.03. The zero-order valence-corrected chi connectivity index (χ0v) is 11.1. The van der Waals surface area contributed by atoms with Crippen molar-refractivity contribution in [2.45, 2.75) is 6.42 Å². The minimum atomic E-state index is -0.938. The molecule has 5 heteroatoms. The second-order valence-corrected chi connectivity index (χ2v) is 3.73. The molecule has 18 heavy (non-hydrogen) atoms. The molecule has 0 spiro atoms. The van der Waals surface area contributed by atoms with Crippen molar-refractivity contribution in [2.24, 2.45) is 0 Å². The molecular formula is C13H13BrO4. The van der Waals surface area contributed by atoms with Gasteiger partial charge in [-0.15, -0.1) is 0 Å². The van der Waals surface area contributed by atoms with Crippen LogP contribution in [0.15, 0.2) is 53.5 Å². The fourth-order valence-electron chi connectivity index (χ4n) is 0.972. The van der Waals surface area contributed by atoms with E-state index in [0.717, 1.165) is 11.6 Å². The second kappa shape index (κ2) is 9.18. The molecule has 0 aromatic heterocycles. The number of carbonyl (C=O) groups is 2. The van der Waals surface area contributed by atoms with E-state index in [4.69, 9.17) is 10.2 Å². The van der Waals surface area contributed by atoms with E-state index < -0.39 is 11.9 Å². The number of rotatable bonds is 4. The summed E-state index contributed by atoms with van der Waals surface area (Å²) < 4.78 is 0. The Labute approximate surface area is 113 Å². The lowest BCUT2D eigenvalue weighted by Gasteiger charge is -1.99. The van der Waals surface area contributed by atoms with E-state index >= 15 is 0 Å². The van der Waals surface area contributed by atoms with E-state index in [1.54, 1.807) is 0 Å². The van der Waals surface area contributed by atoms with Crippen molar-refractivity contribution in [1.29, 1.82) is 0 Å². The highest BCUT2D eigenvalue weighted by Crippen LogP contribution is 2.05. The van der Waals surface area contributed by atoms with E-state index in [9.17, 15) is 9.59 Å². The van der Waals surface area contributed by atoms with Crippen LogP contribution in [-0.2, 0) is 16.0 Å². The summed E-state index contributed by atoms with van der Waals surface area (Å²) in [7, 11) is 0. The lowest BCUT2D eigenvalue weighted by atomic mass is 10.1. The number of aliphatic carboxylic acids is 2. The van der Waals surface area contributed by atoms with Crippen LogP contribution in [0.1, 0.15) is 5.56 Å². The number of halogens is 1. The minimum absolute atomic E-state index is 0.223. The molecule has 0 saturated heterocycles.